The molecule has 2 rings (SSSR count). The highest BCUT2D eigenvalue weighted by atomic mass is 32.2. The van der Waals surface area contributed by atoms with E-state index in [1.807, 2.05) is 31.2 Å². The molecule has 1 saturated carbocycles. The fourth-order valence-electron chi connectivity index (χ4n) is 3.23. The normalized spacial score (nSPS) is 20.1. The lowest BCUT2D eigenvalue weighted by atomic mass is 9.86. The van der Waals surface area contributed by atoms with Crippen LogP contribution in [-0.4, -0.2) is 29.4 Å². The zero-order valence-corrected chi connectivity index (χ0v) is 16.2. The Morgan fingerprint density at radius 1 is 1.20 bits per heavy atom. The van der Waals surface area contributed by atoms with Crippen molar-refractivity contribution in [3.63, 3.8) is 0 Å². The summed E-state index contributed by atoms with van der Waals surface area (Å²) in [6, 6.07) is 8.15. The highest BCUT2D eigenvalue weighted by molar-refractivity contribution is 7.99. The zero-order chi connectivity index (χ0) is 18.1. The van der Waals surface area contributed by atoms with E-state index in [2.05, 4.69) is 17.6 Å². The first kappa shape index (κ1) is 19.8. The molecule has 1 aromatic carbocycles. The van der Waals surface area contributed by atoms with Crippen LogP contribution in [0.5, 0.6) is 0 Å². The Labute approximate surface area is 155 Å². The van der Waals surface area contributed by atoms with Crippen molar-refractivity contribution >= 4 is 29.3 Å². The Kier molecular flexibility index (Phi) is 8.32. The highest BCUT2D eigenvalue weighted by Crippen LogP contribution is 2.23. The van der Waals surface area contributed by atoms with E-state index in [9.17, 15) is 9.59 Å². The molecule has 1 fully saturated rings. The maximum absolute atomic E-state index is 12.0. The van der Waals surface area contributed by atoms with E-state index >= 15 is 0 Å². The van der Waals surface area contributed by atoms with E-state index < -0.39 is 0 Å². The van der Waals surface area contributed by atoms with Gasteiger partial charge in [0.05, 0.1) is 5.75 Å². The molecule has 0 heterocycles. The summed E-state index contributed by atoms with van der Waals surface area (Å²) in [5.41, 5.74) is 1.98. The minimum Gasteiger partial charge on any atom is -0.352 e. The van der Waals surface area contributed by atoms with Gasteiger partial charge in [-0.15, -0.1) is 0 Å². The smallest absolute Gasteiger partial charge is 0.230 e. The standard InChI is InChI=1S/C20H30N2O2S/c1-15-7-5-9-17(13-15)21-19(23)11-6-12-25-14-20(24)22-18-10-4-3-8-16(18)2/h5,7,9,13,16,18H,3-4,6,8,10-12,14H2,1-2H3,(H,21,23)(H,22,24)/t16-,18+/m0/s1. The quantitative estimate of drug-likeness (QED) is 0.683. The number of amides is 2. The molecule has 2 atom stereocenters. The van der Waals surface area contributed by atoms with Crippen LogP contribution < -0.4 is 10.6 Å². The molecule has 0 unspecified atom stereocenters. The van der Waals surface area contributed by atoms with Crippen LogP contribution in [0.25, 0.3) is 0 Å². The molecule has 4 nitrogen and oxygen atoms in total. The van der Waals surface area contributed by atoms with Gasteiger partial charge in [0.15, 0.2) is 0 Å². The number of carbonyl (C=O) groups excluding carboxylic acids is 2. The maximum atomic E-state index is 12.0. The van der Waals surface area contributed by atoms with Crippen molar-refractivity contribution < 1.29 is 9.59 Å². The first-order valence-corrected chi connectivity index (χ1v) is 10.4. The third-order valence-corrected chi connectivity index (χ3v) is 5.73. The number of nitrogens with one attached hydrogen (secondary N) is 2. The van der Waals surface area contributed by atoms with Crippen LogP contribution >= 0.6 is 11.8 Å². The lowest BCUT2D eigenvalue weighted by Gasteiger charge is -2.29. The van der Waals surface area contributed by atoms with Crippen LogP contribution in [0.15, 0.2) is 24.3 Å². The van der Waals surface area contributed by atoms with Gasteiger partial charge in [-0.1, -0.05) is 31.9 Å². The van der Waals surface area contributed by atoms with E-state index in [0.29, 0.717) is 24.1 Å². The average Bonchev–Trinajstić information content (AvgIpc) is 2.56. The van der Waals surface area contributed by atoms with E-state index in [1.54, 1.807) is 11.8 Å². The molecule has 138 valence electrons. The molecule has 1 aromatic rings. The van der Waals surface area contributed by atoms with Gasteiger partial charge in [0, 0.05) is 18.2 Å². The van der Waals surface area contributed by atoms with Gasteiger partial charge in [0.25, 0.3) is 0 Å². The molecular weight excluding hydrogens is 332 g/mol. The van der Waals surface area contributed by atoms with E-state index in [4.69, 9.17) is 0 Å². The molecule has 0 aliphatic heterocycles. The third kappa shape index (κ3) is 7.51. The summed E-state index contributed by atoms with van der Waals surface area (Å²) in [4.78, 5) is 23.9. The summed E-state index contributed by atoms with van der Waals surface area (Å²) >= 11 is 1.61. The fourth-order valence-corrected chi connectivity index (χ4v) is 3.99. The van der Waals surface area contributed by atoms with Gasteiger partial charge < -0.3 is 10.6 Å². The topological polar surface area (TPSA) is 58.2 Å². The van der Waals surface area contributed by atoms with Crippen LogP contribution in [0.3, 0.4) is 0 Å². The number of aryl methyl sites for hydroxylation is 1. The Morgan fingerprint density at radius 3 is 2.76 bits per heavy atom. The highest BCUT2D eigenvalue weighted by Gasteiger charge is 2.22. The van der Waals surface area contributed by atoms with Crippen molar-refractivity contribution in [3.8, 4) is 0 Å². The summed E-state index contributed by atoms with van der Waals surface area (Å²) in [6.45, 7) is 4.23. The molecule has 0 radical (unpaired) electrons. The third-order valence-electron chi connectivity index (χ3n) is 4.69. The first-order chi connectivity index (χ1) is 12.0. The zero-order valence-electron chi connectivity index (χ0n) is 15.3. The predicted octanol–water partition coefficient (Wildman–Crippen LogP) is 4.14. The Hall–Kier alpha value is -1.49. The SMILES string of the molecule is Cc1cccc(NC(=O)CCCSCC(=O)N[C@@H]2CCCC[C@@H]2C)c1. The lowest BCUT2D eigenvalue weighted by Crippen LogP contribution is -2.41. The molecule has 0 aromatic heterocycles. The van der Waals surface area contributed by atoms with Gasteiger partial charge >= 0.3 is 0 Å². The van der Waals surface area contributed by atoms with Gasteiger partial charge in [-0.2, -0.15) is 11.8 Å². The number of thioether (sulfide) groups is 1. The molecule has 25 heavy (non-hydrogen) atoms. The number of benzene rings is 1. The minimum atomic E-state index is 0.0340. The van der Waals surface area contributed by atoms with E-state index in [0.717, 1.165) is 29.8 Å². The van der Waals surface area contributed by atoms with Crippen molar-refractivity contribution in [2.45, 2.75) is 58.4 Å². The van der Waals surface area contributed by atoms with E-state index in [1.165, 1.54) is 19.3 Å². The number of hydrogen-bond donors (Lipinski definition) is 2. The molecule has 5 heteroatoms. The second kappa shape index (κ2) is 10.5. The molecule has 1 aliphatic carbocycles. The maximum Gasteiger partial charge on any atom is 0.230 e. The molecule has 2 amide bonds. The molecule has 0 bridgehead atoms. The number of hydrogen-bond acceptors (Lipinski definition) is 3. The summed E-state index contributed by atoms with van der Waals surface area (Å²) < 4.78 is 0. The second-order valence-electron chi connectivity index (χ2n) is 7.01. The Bertz CT molecular complexity index is 577. The summed E-state index contributed by atoms with van der Waals surface area (Å²) in [6.07, 6.45) is 6.11. The van der Waals surface area contributed by atoms with Crippen molar-refractivity contribution in [2.24, 2.45) is 5.92 Å². The van der Waals surface area contributed by atoms with Crippen LogP contribution in [0.4, 0.5) is 5.69 Å². The fraction of sp³-hybridized carbons (Fsp3) is 0.600. The van der Waals surface area contributed by atoms with Crippen molar-refractivity contribution in [1.82, 2.24) is 5.32 Å². The van der Waals surface area contributed by atoms with Crippen molar-refractivity contribution in [3.05, 3.63) is 29.8 Å². The van der Waals surface area contributed by atoms with Crippen LogP contribution in [0.1, 0.15) is 51.0 Å². The molecular formula is C20H30N2O2S. The second-order valence-corrected chi connectivity index (χ2v) is 8.11. The Balaban J connectivity index is 1.55. The number of anilines is 1. The van der Waals surface area contributed by atoms with Crippen LogP contribution in [0, 0.1) is 12.8 Å². The summed E-state index contributed by atoms with van der Waals surface area (Å²) in [7, 11) is 0. The summed E-state index contributed by atoms with van der Waals surface area (Å²) in [5.74, 6) is 2.07. The van der Waals surface area contributed by atoms with E-state index in [-0.39, 0.29) is 11.8 Å². The van der Waals surface area contributed by atoms with Crippen molar-refractivity contribution in [2.75, 3.05) is 16.8 Å². The lowest BCUT2D eigenvalue weighted by molar-refractivity contribution is -0.119. The monoisotopic (exact) mass is 362 g/mol. The van der Waals surface area contributed by atoms with Crippen LogP contribution in [0.2, 0.25) is 0 Å². The molecule has 0 spiro atoms. The molecule has 1 aliphatic rings. The first-order valence-electron chi connectivity index (χ1n) is 9.28. The van der Waals surface area contributed by atoms with Crippen molar-refractivity contribution in [1.29, 1.82) is 0 Å². The van der Waals surface area contributed by atoms with Crippen LogP contribution in [-0.2, 0) is 9.59 Å². The number of carbonyl (C=O) groups is 2. The molecule has 2 N–H and O–H groups in total. The van der Waals surface area contributed by atoms with Gasteiger partial charge in [0.1, 0.15) is 0 Å². The summed E-state index contributed by atoms with van der Waals surface area (Å²) in [5, 5.41) is 6.08. The molecule has 0 saturated heterocycles. The van der Waals surface area contributed by atoms with Gasteiger partial charge in [0.2, 0.25) is 11.8 Å². The minimum absolute atomic E-state index is 0.0340. The van der Waals surface area contributed by atoms with Gasteiger partial charge in [-0.3, -0.25) is 9.59 Å². The van der Waals surface area contributed by atoms with Gasteiger partial charge in [-0.05, 0) is 55.6 Å². The predicted molar refractivity (Wildman–Crippen MR) is 106 cm³/mol. The average molecular weight is 363 g/mol. The number of rotatable bonds is 8. The largest absolute Gasteiger partial charge is 0.352 e. The Morgan fingerprint density at radius 2 is 2.00 bits per heavy atom. The van der Waals surface area contributed by atoms with Gasteiger partial charge in [-0.25, -0.2) is 0 Å².